The van der Waals surface area contributed by atoms with Gasteiger partial charge in [0.2, 0.25) is 0 Å². The second-order valence-corrected chi connectivity index (χ2v) is 8.58. The minimum Gasteiger partial charge on any atom is -0.546 e. The predicted molar refractivity (Wildman–Crippen MR) is 127 cm³/mol. The standard InChI is InChI=1S/C23H34O5.Na.6H2O/c1-2-3-4-7-17(24)9-10-18-19-11-15-6-5-8-22(28-14-23(26)27)20(15)12-16(19)13-21(18)25;;;;;;;/h5-6,8,16-19,21,24-25H,2-4,7,9-14H2,1H3,(H,26,27);;6*1H2/q;+1;;;;;;/p-1/t16-,17-,18+,19-,21+;;;;;;;/m0......./s1. The first-order valence-corrected chi connectivity index (χ1v) is 10.8. The Morgan fingerprint density at radius 1 is 1.09 bits per heavy atom. The van der Waals surface area contributed by atoms with Crippen molar-refractivity contribution < 1.29 is 87.3 Å². The molecule has 0 radical (unpaired) electrons. The minimum absolute atomic E-state index is 0. The minimum atomic E-state index is -1.22. The average molecular weight is 521 g/mol. The third kappa shape index (κ3) is 11.8. The van der Waals surface area contributed by atoms with Crippen molar-refractivity contribution in [3.63, 3.8) is 0 Å². The van der Waals surface area contributed by atoms with Crippen LogP contribution in [0.1, 0.15) is 63.0 Å². The van der Waals surface area contributed by atoms with Gasteiger partial charge in [-0.3, -0.25) is 0 Å². The van der Waals surface area contributed by atoms with Crippen LogP contribution in [0.5, 0.6) is 5.75 Å². The summed E-state index contributed by atoms with van der Waals surface area (Å²) in [6.07, 6.45) is 7.76. The summed E-state index contributed by atoms with van der Waals surface area (Å²) in [5.74, 6) is 0.440. The molecular formula is C23H45NaO11. The smallest absolute Gasteiger partial charge is 0.546 e. The van der Waals surface area contributed by atoms with Crippen LogP contribution < -0.4 is 39.4 Å². The molecule has 5 atom stereocenters. The van der Waals surface area contributed by atoms with Gasteiger partial charge in [-0.05, 0) is 73.5 Å². The molecule has 11 nitrogen and oxygen atoms in total. The fourth-order valence-corrected chi connectivity index (χ4v) is 5.24. The van der Waals surface area contributed by atoms with E-state index in [1.54, 1.807) is 0 Å². The number of rotatable bonds is 10. The molecule has 0 amide bonds. The molecule has 0 saturated heterocycles. The summed E-state index contributed by atoms with van der Waals surface area (Å²) < 4.78 is 5.44. The average Bonchev–Trinajstić information content (AvgIpc) is 2.97. The summed E-state index contributed by atoms with van der Waals surface area (Å²) in [5.41, 5.74) is 2.28. The van der Waals surface area contributed by atoms with Crippen molar-refractivity contribution in [3.05, 3.63) is 29.3 Å². The van der Waals surface area contributed by atoms with Crippen molar-refractivity contribution in [1.82, 2.24) is 0 Å². The van der Waals surface area contributed by atoms with Crippen LogP contribution in [0.3, 0.4) is 0 Å². The van der Waals surface area contributed by atoms with Crippen molar-refractivity contribution in [2.24, 2.45) is 17.8 Å². The molecule has 0 heterocycles. The molecule has 1 fully saturated rings. The Hall–Kier alpha value is -0.830. The van der Waals surface area contributed by atoms with Crippen molar-refractivity contribution in [1.29, 1.82) is 0 Å². The molecule has 1 saturated carbocycles. The maximum atomic E-state index is 10.7. The van der Waals surface area contributed by atoms with E-state index in [4.69, 9.17) is 4.74 Å². The Bertz CT molecular complexity index is 677. The normalized spacial score (nSPS) is 21.7. The first-order valence-electron chi connectivity index (χ1n) is 10.8. The molecule has 2 aliphatic rings. The summed E-state index contributed by atoms with van der Waals surface area (Å²) >= 11 is 0. The summed E-state index contributed by atoms with van der Waals surface area (Å²) in [6.45, 7) is 1.73. The molecule has 35 heavy (non-hydrogen) atoms. The maximum Gasteiger partial charge on any atom is 1.00 e. The number of carboxylic acid groups (broad SMARTS) is 1. The number of aliphatic carboxylic acids is 1. The van der Waals surface area contributed by atoms with Gasteiger partial charge < -0.3 is 57.7 Å². The number of aliphatic hydroxyl groups excluding tert-OH is 2. The van der Waals surface area contributed by atoms with Crippen LogP contribution in [0.15, 0.2) is 18.2 Å². The quantitative estimate of drug-likeness (QED) is 0.224. The van der Waals surface area contributed by atoms with E-state index in [0.29, 0.717) is 17.6 Å². The van der Waals surface area contributed by atoms with Gasteiger partial charge in [-0.25, -0.2) is 0 Å². The van der Waals surface area contributed by atoms with Gasteiger partial charge in [0.05, 0.1) is 18.2 Å². The second-order valence-electron chi connectivity index (χ2n) is 8.58. The van der Waals surface area contributed by atoms with E-state index in [-0.39, 0.29) is 80.5 Å². The Balaban J connectivity index is -0.000000429. The van der Waals surface area contributed by atoms with Gasteiger partial charge in [0.25, 0.3) is 0 Å². The van der Waals surface area contributed by atoms with E-state index in [9.17, 15) is 20.1 Å². The third-order valence-corrected chi connectivity index (χ3v) is 6.67. The molecule has 0 aromatic heterocycles. The van der Waals surface area contributed by atoms with Crippen molar-refractivity contribution in [3.8, 4) is 5.75 Å². The molecule has 0 aliphatic heterocycles. The largest absolute Gasteiger partial charge is 1.00 e. The zero-order chi connectivity index (χ0) is 20.1. The SMILES string of the molecule is CCCCC[C@H](O)CC[C@@H]1[C@H]2Cc3cccc(OCC(=O)[O-])c3C[C@H]2C[C@H]1O.O.O.O.O.O.O.[Na+]. The summed E-state index contributed by atoms with van der Waals surface area (Å²) in [7, 11) is 0. The zero-order valence-corrected chi connectivity index (χ0v) is 22.8. The molecule has 12 heteroatoms. The van der Waals surface area contributed by atoms with Gasteiger partial charge in [-0.2, -0.15) is 0 Å². The van der Waals surface area contributed by atoms with Gasteiger partial charge in [0, 0.05) is 0 Å². The molecule has 1 aromatic rings. The van der Waals surface area contributed by atoms with E-state index in [1.165, 1.54) is 5.56 Å². The van der Waals surface area contributed by atoms with Crippen LogP contribution >= 0.6 is 0 Å². The van der Waals surface area contributed by atoms with Crippen molar-refractivity contribution >= 4 is 5.97 Å². The number of unbranched alkanes of at least 4 members (excludes halogenated alkanes) is 2. The maximum absolute atomic E-state index is 10.7. The Morgan fingerprint density at radius 3 is 2.34 bits per heavy atom. The topological polar surface area (TPSA) is 279 Å². The van der Waals surface area contributed by atoms with E-state index in [1.807, 2.05) is 12.1 Å². The van der Waals surface area contributed by atoms with E-state index < -0.39 is 12.6 Å². The van der Waals surface area contributed by atoms with E-state index in [0.717, 1.165) is 63.4 Å². The van der Waals surface area contributed by atoms with Crippen LogP contribution in [0, 0.1) is 17.8 Å². The van der Waals surface area contributed by atoms with Crippen LogP contribution in [0.25, 0.3) is 0 Å². The number of fused-ring (bicyclic) bond motifs is 2. The molecule has 1 aromatic carbocycles. The predicted octanol–water partition coefficient (Wildman–Crippen LogP) is -5.70. The number of aliphatic hydroxyl groups is 2. The first kappa shape index (κ1) is 44.2. The second kappa shape index (κ2) is 21.3. The molecule has 0 unspecified atom stereocenters. The van der Waals surface area contributed by atoms with Gasteiger partial charge in [0.1, 0.15) is 12.4 Å². The van der Waals surface area contributed by atoms with Gasteiger partial charge in [-0.15, -0.1) is 0 Å². The van der Waals surface area contributed by atoms with E-state index in [2.05, 4.69) is 13.0 Å². The van der Waals surface area contributed by atoms with Crippen LogP contribution in [0.4, 0.5) is 0 Å². The Labute approximate surface area is 229 Å². The Morgan fingerprint density at radius 2 is 1.74 bits per heavy atom. The molecule has 0 spiro atoms. The number of hydrogen-bond donors (Lipinski definition) is 2. The van der Waals surface area contributed by atoms with Crippen molar-refractivity contribution in [2.75, 3.05) is 6.61 Å². The van der Waals surface area contributed by atoms with Gasteiger partial charge in [-0.1, -0.05) is 38.3 Å². The molecule has 3 rings (SSSR count). The monoisotopic (exact) mass is 520 g/mol. The van der Waals surface area contributed by atoms with Crippen LogP contribution in [-0.4, -0.2) is 67.9 Å². The van der Waals surface area contributed by atoms with Crippen LogP contribution in [0.2, 0.25) is 0 Å². The zero-order valence-electron chi connectivity index (χ0n) is 20.8. The first-order chi connectivity index (χ1) is 13.5. The fraction of sp³-hybridized carbons (Fsp3) is 0.696. The molecular weight excluding hydrogens is 475 g/mol. The molecule has 204 valence electrons. The van der Waals surface area contributed by atoms with Gasteiger partial charge >= 0.3 is 29.6 Å². The summed E-state index contributed by atoms with van der Waals surface area (Å²) in [4.78, 5) is 10.7. The number of benzene rings is 1. The number of carbonyl (C=O) groups is 1. The fourth-order valence-electron chi connectivity index (χ4n) is 5.24. The third-order valence-electron chi connectivity index (χ3n) is 6.67. The number of carboxylic acids is 1. The molecule has 14 N–H and O–H groups in total. The number of hydrogen-bond acceptors (Lipinski definition) is 5. The molecule has 2 aliphatic carbocycles. The summed E-state index contributed by atoms with van der Waals surface area (Å²) in [5, 5.41) is 31.7. The Kier molecular flexibility index (Phi) is 26.9. The number of carbonyl (C=O) groups excluding carboxylic acids is 1. The number of ether oxygens (including phenoxy) is 1. The summed E-state index contributed by atoms with van der Waals surface area (Å²) in [6, 6.07) is 5.80. The molecule has 0 bridgehead atoms. The van der Waals surface area contributed by atoms with Gasteiger partial charge in [0.15, 0.2) is 0 Å². The van der Waals surface area contributed by atoms with E-state index >= 15 is 0 Å². The van der Waals surface area contributed by atoms with Crippen LogP contribution in [-0.2, 0) is 17.6 Å². The van der Waals surface area contributed by atoms with Crippen molar-refractivity contribution in [2.45, 2.75) is 76.9 Å².